The molecule has 0 aromatic heterocycles. The molecule has 1 aromatic carbocycles. The monoisotopic (exact) mass is 358 g/mol. The molecule has 0 bridgehead atoms. The number of allylic oxidation sites excluding steroid dienone is 3. The summed E-state index contributed by atoms with van der Waals surface area (Å²) in [5.74, 6) is -1.53. The van der Waals surface area contributed by atoms with Crippen LogP contribution < -0.4 is 0 Å². The van der Waals surface area contributed by atoms with Crippen LogP contribution in [0.4, 0.5) is 8.78 Å². The highest BCUT2D eigenvalue weighted by Crippen LogP contribution is 2.56. The number of hydrogen-bond acceptors (Lipinski definition) is 4. The molecular formula is C16H16F2O3S2. The van der Waals surface area contributed by atoms with Gasteiger partial charge in [-0.2, -0.15) is 8.42 Å². The van der Waals surface area contributed by atoms with Crippen molar-refractivity contribution in [1.82, 2.24) is 0 Å². The van der Waals surface area contributed by atoms with Gasteiger partial charge in [0.05, 0.1) is 6.26 Å². The fraction of sp³-hybridized carbons (Fsp3) is 0.375. The summed E-state index contributed by atoms with van der Waals surface area (Å²) < 4.78 is 56.9. The van der Waals surface area contributed by atoms with Crippen molar-refractivity contribution in [3.05, 3.63) is 53.1 Å². The Labute approximate surface area is 138 Å². The molecule has 23 heavy (non-hydrogen) atoms. The molecule has 7 heteroatoms. The van der Waals surface area contributed by atoms with E-state index in [1.165, 1.54) is 11.8 Å². The van der Waals surface area contributed by atoms with E-state index in [1.807, 2.05) is 12.1 Å². The molecule has 2 aliphatic rings. The molecule has 1 heterocycles. The lowest BCUT2D eigenvalue weighted by Gasteiger charge is -2.38. The molecule has 2 atom stereocenters. The first-order valence-electron chi connectivity index (χ1n) is 7.07. The zero-order valence-electron chi connectivity index (χ0n) is 12.7. The van der Waals surface area contributed by atoms with Crippen LogP contribution in [0.3, 0.4) is 0 Å². The number of benzene rings is 1. The Morgan fingerprint density at radius 3 is 2.70 bits per heavy atom. The Hall–Kier alpha value is -1.18. The second-order valence-corrected chi connectivity index (χ2v) is 8.59. The van der Waals surface area contributed by atoms with Gasteiger partial charge in [-0.1, -0.05) is 25.1 Å². The molecule has 0 saturated carbocycles. The molecule has 0 radical (unpaired) electrons. The van der Waals surface area contributed by atoms with Crippen molar-refractivity contribution in [3.8, 4) is 0 Å². The van der Waals surface area contributed by atoms with Crippen LogP contribution >= 0.6 is 11.8 Å². The minimum atomic E-state index is -3.77. The summed E-state index contributed by atoms with van der Waals surface area (Å²) in [6, 6.07) is 7.22. The minimum Gasteiger partial charge on any atom is -0.261 e. The number of hydrogen-bond donors (Lipinski definition) is 0. The molecule has 3 nitrogen and oxygen atoms in total. The SMILES string of the molecule is CC12CC=C(F)C(F)=C1CSc1ccccc1C2OS(C)(=O)=O. The summed E-state index contributed by atoms with van der Waals surface area (Å²) in [4.78, 5) is 0.817. The summed E-state index contributed by atoms with van der Waals surface area (Å²) in [5, 5.41) is 0. The van der Waals surface area contributed by atoms with Crippen LogP contribution in [-0.2, 0) is 14.3 Å². The molecule has 0 N–H and O–H groups in total. The highest BCUT2D eigenvalue weighted by atomic mass is 32.2. The standard InChI is InChI=1S/C16H16F2O3S2/c1-16-8-7-12(17)14(18)11(16)9-22-13-6-4-3-5-10(13)15(16)21-23(2,19)20/h3-7,15H,8-9H2,1-2H3. The summed E-state index contributed by atoms with van der Waals surface area (Å²) in [6.45, 7) is 1.73. The first-order chi connectivity index (χ1) is 10.7. The van der Waals surface area contributed by atoms with Crippen LogP contribution in [0.25, 0.3) is 0 Å². The number of fused-ring (bicyclic) bond motifs is 2. The quantitative estimate of drug-likeness (QED) is 0.740. The van der Waals surface area contributed by atoms with Crippen LogP contribution in [-0.4, -0.2) is 20.4 Å². The van der Waals surface area contributed by atoms with Crippen LogP contribution in [0.2, 0.25) is 0 Å². The largest absolute Gasteiger partial charge is 0.265 e. The lowest BCUT2D eigenvalue weighted by molar-refractivity contribution is 0.0896. The molecule has 0 fully saturated rings. The van der Waals surface area contributed by atoms with E-state index >= 15 is 0 Å². The molecule has 3 rings (SSSR count). The average Bonchev–Trinajstić information content (AvgIpc) is 2.59. The Kier molecular flexibility index (Phi) is 4.14. The zero-order chi connectivity index (χ0) is 16.8. The Bertz CT molecular complexity index is 814. The van der Waals surface area contributed by atoms with E-state index in [1.54, 1.807) is 19.1 Å². The fourth-order valence-corrected chi connectivity index (χ4v) is 5.00. The number of thioether (sulfide) groups is 1. The van der Waals surface area contributed by atoms with E-state index in [0.717, 1.165) is 17.2 Å². The van der Waals surface area contributed by atoms with Crippen molar-refractivity contribution in [2.75, 3.05) is 12.0 Å². The van der Waals surface area contributed by atoms with Gasteiger partial charge in [-0.05, 0) is 29.7 Å². The zero-order valence-corrected chi connectivity index (χ0v) is 14.3. The molecule has 1 aromatic rings. The van der Waals surface area contributed by atoms with E-state index < -0.39 is 33.3 Å². The summed E-state index contributed by atoms with van der Waals surface area (Å²) >= 11 is 1.36. The van der Waals surface area contributed by atoms with Gasteiger partial charge in [-0.15, -0.1) is 11.8 Å². The van der Waals surface area contributed by atoms with Gasteiger partial charge in [-0.25, -0.2) is 8.78 Å². The minimum absolute atomic E-state index is 0.177. The molecular weight excluding hydrogens is 342 g/mol. The van der Waals surface area contributed by atoms with Crippen molar-refractivity contribution in [2.45, 2.75) is 24.3 Å². The van der Waals surface area contributed by atoms with Crippen molar-refractivity contribution in [1.29, 1.82) is 0 Å². The lowest BCUT2D eigenvalue weighted by Crippen LogP contribution is -2.33. The molecule has 1 aliphatic heterocycles. The maximum absolute atomic E-state index is 14.4. The molecule has 124 valence electrons. The Balaban J connectivity index is 2.22. The van der Waals surface area contributed by atoms with E-state index in [2.05, 4.69) is 0 Å². The maximum Gasteiger partial charge on any atom is 0.265 e. The second kappa shape index (κ2) is 5.72. The first-order valence-corrected chi connectivity index (χ1v) is 9.88. The smallest absolute Gasteiger partial charge is 0.261 e. The van der Waals surface area contributed by atoms with E-state index in [0.29, 0.717) is 5.56 Å². The average molecular weight is 358 g/mol. The topological polar surface area (TPSA) is 43.4 Å². The van der Waals surface area contributed by atoms with Gasteiger partial charge in [0.1, 0.15) is 6.10 Å². The molecule has 0 saturated heterocycles. The molecule has 2 unspecified atom stereocenters. The number of rotatable bonds is 2. The third kappa shape index (κ3) is 2.97. The van der Waals surface area contributed by atoms with Gasteiger partial charge >= 0.3 is 0 Å². The molecule has 1 aliphatic carbocycles. The van der Waals surface area contributed by atoms with Crippen molar-refractivity contribution in [2.24, 2.45) is 5.41 Å². The predicted octanol–water partition coefficient (Wildman–Crippen LogP) is 4.30. The van der Waals surface area contributed by atoms with Crippen molar-refractivity contribution >= 4 is 21.9 Å². The summed E-state index contributed by atoms with van der Waals surface area (Å²) in [7, 11) is -3.77. The maximum atomic E-state index is 14.4. The third-order valence-corrected chi connectivity index (χ3v) is 5.95. The molecule has 0 amide bonds. The third-order valence-electron chi connectivity index (χ3n) is 4.29. The highest BCUT2D eigenvalue weighted by Gasteiger charge is 2.47. The van der Waals surface area contributed by atoms with E-state index in [9.17, 15) is 17.2 Å². The van der Waals surface area contributed by atoms with Gasteiger partial charge in [0.15, 0.2) is 11.7 Å². The van der Waals surface area contributed by atoms with E-state index in [4.69, 9.17) is 4.18 Å². The summed E-state index contributed by atoms with van der Waals surface area (Å²) in [6.07, 6.45) is 1.41. The Morgan fingerprint density at radius 2 is 2.00 bits per heavy atom. The lowest BCUT2D eigenvalue weighted by atomic mass is 9.70. The highest BCUT2D eigenvalue weighted by molar-refractivity contribution is 7.99. The fourth-order valence-electron chi connectivity index (χ4n) is 3.06. The van der Waals surface area contributed by atoms with Gasteiger partial charge < -0.3 is 0 Å². The van der Waals surface area contributed by atoms with Gasteiger partial charge in [0.25, 0.3) is 10.1 Å². The van der Waals surface area contributed by atoms with Gasteiger partial charge in [0.2, 0.25) is 0 Å². The van der Waals surface area contributed by atoms with Gasteiger partial charge in [0, 0.05) is 16.1 Å². The van der Waals surface area contributed by atoms with Crippen LogP contribution in [0, 0.1) is 5.41 Å². The number of halogens is 2. The Morgan fingerprint density at radius 1 is 1.30 bits per heavy atom. The predicted molar refractivity (Wildman–Crippen MR) is 85.9 cm³/mol. The second-order valence-electron chi connectivity index (χ2n) is 5.97. The molecule has 0 spiro atoms. The van der Waals surface area contributed by atoms with Crippen LogP contribution in [0.1, 0.15) is 25.0 Å². The van der Waals surface area contributed by atoms with Crippen molar-refractivity contribution in [3.63, 3.8) is 0 Å². The van der Waals surface area contributed by atoms with Crippen LogP contribution in [0.5, 0.6) is 0 Å². The van der Waals surface area contributed by atoms with Crippen molar-refractivity contribution < 1.29 is 21.4 Å². The normalized spacial score (nSPS) is 27.8. The van der Waals surface area contributed by atoms with E-state index in [-0.39, 0.29) is 17.7 Å². The van der Waals surface area contributed by atoms with Gasteiger partial charge in [-0.3, -0.25) is 4.18 Å². The van der Waals surface area contributed by atoms with Crippen LogP contribution in [0.15, 0.2) is 52.5 Å². The first kappa shape index (κ1) is 16.7. The summed E-state index contributed by atoms with van der Waals surface area (Å²) in [5.41, 5.74) is -0.0150.